The molecular formula is C26H20FN3O. The highest BCUT2D eigenvalue weighted by molar-refractivity contribution is 6.09. The summed E-state index contributed by atoms with van der Waals surface area (Å²) in [6, 6.07) is 23.6. The Kier molecular flexibility index (Phi) is 5.63. The summed E-state index contributed by atoms with van der Waals surface area (Å²) in [5, 5.41) is 13.2. The number of nitriles is 1. The zero-order valence-corrected chi connectivity index (χ0v) is 17.0. The molecule has 4 rings (SSSR count). The maximum atomic E-state index is 13.5. The Morgan fingerprint density at radius 2 is 1.94 bits per heavy atom. The number of aromatic nitrogens is 1. The number of carbonyl (C=O) groups is 1. The fraction of sp³-hybridized carbons (Fsp3) is 0.0769. The Morgan fingerprint density at radius 1 is 1.10 bits per heavy atom. The molecule has 0 saturated heterocycles. The third-order valence-corrected chi connectivity index (χ3v) is 4.99. The van der Waals surface area contributed by atoms with Crippen LogP contribution in [0.4, 0.5) is 10.1 Å². The van der Waals surface area contributed by atoms with Gasteiger partial charge in [-0.15, -0.1) is 0 Å². The molecule has 1 aromatic heterocycles. The van der Waals surface area contributed by atoms with Gasteiger partial charge in [-0.1, -0.05) is 30.3 Å². The average molecular weight is 409 g/mol. The van der Waals surface area contributed by atoms with E-state index in [9.17, 15) is 14.4 Å². The van der Waals surface area contributed by atoms with Crippen LogP contribution in [0.25, 0.3) is 17.0 Å². The van der Waals surface area contributed by atoms with E-state index in [0.717, 1.165) is 27.6 Å². The number of rotatable bonds is 5. The zero-order valence-electron chi connectivity index (χ0n) is 17.0. The Bertz CT molecular complexity index is 1340. The standard InChI is InChI=1S/C26H20FN3O/c1-18-4-2-7-24(12-18)29-26(31)22(16-28)14-19-8-9-25-21(13-19)10-11-30(25)17-20-5-3-6-23(27)15-20/h2-15H,17H2,1H3,(H,29,31)/b22-14+. The first-order chi connectivity index (χ1) is 15.0. The third kappa shape index (κ3) is 4.71. The summed E-state index contributed by atoms with van der Waals surface area (Å²) in [6.07, 6.45) is 3.52. The lowest BCUT2D eigenvalue weighted by Gasteiger charge is -2.07. The van der Waals surface area contributed by atoms with E-state index in [2.05, 4.69) is 5.32 Å². The Hall–Kier alpha value is -4.17. The molecule has 0 aliphatic carbocycles. The van der Waals surface area contributed by atoms with Gasteiger partial charge in [-0.05, 0) is 72.2 Å². The number of anilines is 1. The Morgan fingerprint density at radius 3 is 2.71 bits per heavy atom. The zero-order chi connectivity index (χ0) is 21.8. The summed E-state index contributed by atoms with van der Waals surface area (Å²) < 4.78 is 15.5. The summed E-state index contributed by atoms with van der Waals surface area (Å²) in [5.74, 6) is -0.703. The Labute approximate surface area is 179 Å². The summed E-state index contributed by atoms with van der Waals surface area (Å²) in [5.41, 5.74) is 4.32. The van der Waals surface area contributed by atoms with Crippen LogP contribution in [-0.4, -0.2) is 10.5 Å². The van der Waals surface area contributed by atoms with Crippen LogP contribution in [0, 0.1) is 24.1 Å². The molecule has 0 radical (unpaired) electrons. The molecule has 1 amide bonds. The second kappa shape index (κ2) is 8.68. The van der Waals surface area contributed by atoms with Gasteiger partial charge in [0.1, 0.15) is 17.5 Å². The quantitative estimate of drug-likeness (QED) is 0.340. The predicted molar refractivity (Wildman–Crippen MR) is 121 cm³/mol. The molecule has 0 atom stereocenters. The van der Waals surface area contributed by atoms with Gasteiger partial charge in [-0.3, -0.25) is 4.79 Å². The van der Waals surface area contributed by atoms with Gasteiger partial charge in [0.15, 0.2) is 0 Å². The van der Waals surface area contributed by atoms with Gasteiger partial charge in [0.05, 0.1) is 0 Å². The predicted octanol–water partition coefficient (Wildman–Crippen LogP) is 5.68. The van der Waals surface area contributed by atoms with E-state index in [0.29, 0.717) is 12.2 Å². The number of aryl methyl sites for hydroxylation is 1. The molecule has 0 aliphatic rings. The summed E-state index contributed by atoms with van der Waals surface area (Å²) in [4.78, 5) is 12.5. The molecule has 4 nitrogen and oxygen atoms in total. The van der Waals surface area contributed by atoms with Crippen LogP contribution in [0.2, 0.25) is 0 Å². The number of benzene rings is 3. The molecule has 5 heteroatoms. The van der Waals surface area contributed by atoms with Crippen LogP contribution in [0.1, 0.15) is 16.7 Å². The van der Waals surface area contributed by atoms with Gasteiger partial charge in [0.25, 0.3) is 5.91 Å². The van der Waals surface area contributed by atoms with Crippen molar-refractivity contribution in [3.63, 3.8) is 0 Å². The molecule has 4 aromatic rings. The number of fused-ring (bicyclic) bond motifs is 1. The van der Waals surface area contributed by atoms with Crippen molar-refractivity contribution in [2.45, 2.75) is 13.5 Å². The lowest BCUT2D eigenvalue weighted by molar-refractivity contribution is -0.112. The van der Waals surface area contributed by atoms with E-state index in [4.69, 9.17) is 0 Å². The number of halogens is 1. The Balaban J connectivity index is 1.56. The molecular weight excluding hydrogens is 389 g/mol. The minimum absolute atomic E-state index is 0.0278. The lowest BCUT2D eigenvalue weighted by atomic mass is 10.1. The van der Waals surface area contributed by atoms with Gasteiger partial charge < -0.3 is 9.88 Å². The number of nitrogens with one attached hydrogen (secondary N) is 1. The summed E-state index contributed by atoms with van der Waals surface area (Å²) in [7, 11) is 0. The fourth-order valence-electron chi connectivity index (χ4n) is 3.51. The maximum absolute atomic E-state index is 13.5. The molecule has 0 aliphatic heterocycles. The van der Waals surface area contributed by atoms with Gasteiger partial charge in [0.2, 0.25) is 0 Å². The minimum Gasteiger partial charge on any atom is -0.343 e. The lowest BCUT2D eigenvalue weighted by Crippen LogP contribution is -2.13. The first kappa shape index (κ1) is 20.1. The highest BCUT2D eigenvalue weighted by atomic mass is 19.1. The van der Waals surface area contributed by atoms with Crippen LogP contribution in [0.15, 0.2) is 84.6 Å². The minimum atomic E-state index is -0.447. The topological polar surface area (TPSA) is 57.8 Å². The van der Waals surface area contributed by atoms with E-state index in [1.54, 1.807) is 18.2 Å². The fourth-order valence-corrected chi connectivity index (χ4v) is 3.51. The monoisotopic (exact) mass is 409 g/mol. The van der Waals surface area contributed by atoms with E-state index in [1.807, 2.05) is 72.3 Å². The molecule has 3 aromatic carbocycles. The van der Waals surface area contributed by atoms with Crippen molar-refractivity contribution in [1.82, 2.24) is 4.57 Å². The second-order valence-corrected chi connectivity index (χ2v) is 7.39. The van der Waals surface area contributed by atoms with Crippen molar-refractivity contribution in [1.29, 1.82) is 5.26 Å². The smallest absolute Gasteiger partial charge is 0.266 e. The van der Waals surface area contributed by atoms with Gasteiger partial charge >= 0.3 is 0 Å². The first-order valence-electron chi connectivity index (χ1n) is 9.85. The van der Waals surface area contributed by atoms with Gasteiger partial charge in [-0.2, -0.15) is 5.26 Å². The highest BCUT2D eigenvalue weighted by Crippen LogP contribution is 2.21. The first-order valence-corrected chi connectivity index (χ1v) is 9.85. The van der Waals surface area contributed by atoms with Crippen molar-refractivity contribution >= 4 is 28.6 Å². The van der Waals surface area contributed by atoms with Crippen molar-refractivity contribution in [3.8, 4) is 6.07 Å². The van der Waals surface area contributed by atoms with Gasteiger partial charge in [0, 0.05) is 29.3 Å². The normalized spacial score (nSPS) is 11.3. The molecule has 0 spiro atoms. The molecule has 152 valence electrons. The van der Waals surface area contributed by atoms with Crippen LogP contribution >= 0.6 is 0 Å². The van der Waals surface area contributed by atoms with Crippen molar-refractivity contribution < 1.29 is 9.18 Å². The number of hydrogen-bond donors (Lipinski definition) is 1. The average Bonchev–Trinajstić information content (AvgIpc) is 3.14. The third-order valence-electron chi connectivity index (χ3n) is 4.99. The van der Waals surface area contributed by atoms with E-state index in [1.165, 1.54) is 12.1 Å². The number of hydrogen-bond acceptors (Lipinski definition) is 2. The number of nitrogens with zero attached hydrogens (tertiary/aromatic N) is 2. The van der Waals surface area contributed by atoms with E-state index in [-0.39, 0.29) is 11.4 Å². The van der Waals surface area contributed by atoms with Crippen LogP contribution in [0.5, 0.6) is 0 Å². The van der Waals surface area contributed by atoms with Crippen LogP contribution in [-0.2, 0) is 11.3 Å². The SMILES string of the molecule is Cc1cccc(NC(=O)/C(C#N)=C/c2ccc3c(ccn3Cc3cccc(F)c3)c2)c1. The number of carbonyl (C=O) groups excluding carboxylic acids is 1. The second-order valence-electron chi connectivity index (χ2n) is 7.39. The van der Waals surface area contributed by atoms with Crippen LogP contribution < -0.4 is 5.32 Å². The van der Waals surface area contributed by atoms with Crippen molar-refractivity contribution in [3.05, 3.63) is 107 Å². The van der Waals surface area contributed by atoms with Crippen molar-refractivity contribution in [2.24, 2.45) is 0 Å². The van der Waals surface area contributed by atoms with Crippen molar-refractivity contribution in [2.75, 3.05) is 5.32 Å². The molecule has 1 N–H and O–H groups in total. The summed E-state index contributed by atoms with van der Waals surface area (Å²) >= 11 is 0. The highest BCUT2D eigenvalue weighted by Gasteiger charge is 2.10. The molecule has 1 heterocycles. The largest absolute Gasteiger partial charge is 0.343 e. The molecule has 0 bridgehead atoms. The molecule has 0 unspecified atom stereocenters. The summed E-state index contributed by atoms with van der Waals surface area (Å²) in [6.45, 7) is 2.49. The maximum Gasteiger partial charge on any atom is 0.266 e. The molecule has 0 fully saturated rings. The van der Waals surface area contributed by atoms with Gasteiger partial charge in [-0.25, -0.2) is 4.39 Å². The van der Waals surface area contributed by atoms with Crippen LogP contribution in [0.3, 0.4) is 0 Å². The molecule has 0 saturated carbocycles. The number of amides is 1. The van der Waals surface area contributed by atoms with E-state index < -0.39 is 5.91 Å². The molecule has 31 heavy (non-hydrogen) atoms. The van der Waals surface area contributed by atoms with E-state index >= 15 is 0 Å².